The van der Waals surface area contributed by atoms with Crippen LogP contribution in [0.4, 0.5) is 0 Å². The van der Waals surface area contributed by atoms with Gasteiger partial charge in [-0.2, -0.15) is 0 Å². The zero-order valence-electron chi connectivity index (χ0n) is 17.2. The van der Waals surface area contributed by atoms with Crippen LogP contribution >= 0.6 is 46.4 Å². The molecule has 8 heteroatoms. The van der Waals surface area contributed by atoms with Crippen molar-refractivity contribution >= 4 is 46.4 Å². The van der Waals surface area contributed by atoms with E-state index >= 15 is 0 Å². The quantitative estimate of drug-likeness (QED) is 0.389. The van der Waals surface area contributed by atoms with Crippen molar-refractivity contribution in [3.8, 4) is 0 Å². The maximum Gasteiger partial charge on any atom is 0.108 e. The van der Waals surface area contributed by atoms with E-state index in [1.54, 1.807) is 36.4 Å². The highest BCUT2D eigenvalue weighted by atomic mass is 35.5. The number of benzene rings is 2. The van der Waals surface area contributed by atoms with Crippen molar-refractivity contribution in [1.82, 2.24) is 0 Å². The first-order chi connectivity index (χ1) is 13.9. The number of halogens is 4. The van der Waals surface area contributed by atoms with Crippen LogP contribution in [0.2, 0.25) is 20.1 Å². The van der Waals surface area contributed by atoms with Gasteiger partial charge >= 0.3 is 0 Å². The largest absolute Gasteiger partial charge is 0.390 e. The van der Waals surface area contributed by atoms with E-state index in [1.165, 1.54) is 0 Å². The van der Waals surface area contributed by atoms with Gasteiger partial charge in [0.25, 0.3) is 0 Å². The summed E-state index contributed by atoms with van der Waals surface area (Å²) in [5.41, 5.74) is 0.782. The molecule has 0 bridgehead atoms. The van der Waals surface area contributed by atoms with Gasteiger partial charge in [0.15, 0.2) is 0 Å². The van der Waals surface area contributed by atoms with Crippen molar-refractivity contribution in [2.75, 3.05) is 0 Å². The third kappa shape index (κ3) is 7.25. The molecular weight excluding hydrogens is 470 g/mol. The molecule has 4 N–H and O–H groups in total. The highest BCUT2D eigenvalue weighted by Gasteiger charge is 2.26. The first kappa shape index (κ1) is 27.5. The van der Waals surface area contributed by atoms with E-state index in [4.69, 9.17) is 46.4 Å². The molecule has 0 saturated heterocycles. The standard InChI is InChI=1S/2C11H14Cl2O2/c2*1-6(2)10(14)11(15)9-7(12)4-3-5-8(9)13/h2*3-6,10-11,14-15H,1-2H3/t2*10-,11-/m10/s1. The molecule has 4 nitrogen and oxygen atoms in total. The Labute approximate surface area is 198 Å². The SMILES string of the molecule is CC(C)[C@@H](O)[C@H](O)c1c(Cl)cccc1Cl.CC(C)[C@H](O)[C@@H](O)c1c(Cl)cccc1Cl. The van der Waals surface area contributed by atoms with Gasteiger partial charge in [-0.3, -0.25) is 0 Å². The van der Waals surface area contributed by atoms with E-state index in [0.717, 1.165) is 0 Å². The molecule has 0 aromatic heterocycles. The highest BCUT2D eigenvalue weighted by Crippen LogP contribution is 2.34. The van der Waals surface area contributed by atoms with E-state index in [9.17, 15) is 20.4 Å². The van der Waals surface area contributed by atoms with Crippen LogP contribution in [-0.2, 0) is 0 Å². The van der Waals surface area contributed by atoms with Gasteiger partial charge in [-0.25, -0.2) is 0 Å². The molecule has 0 heterocycles. The van der Waals surface area contributed by atoms with Crippen molar-refractivity contribution in [2.45, 2.75) is 52.1 Å². The summed E-state index contributed by atoms with van der Waals surface area (Å²) >= 11 is 23.7. The molecule has 2 aromatic rings. The minimum Gasteiger partial charge on any atom is -0.390 e. The van der Waals surface area contributed by atoms with Crippen LogP contribution in [0.3, 0.4) is 0 Å². The van der Waals surface area contributed by atoms with Crippen LogP contribution in [0.15, 0.2) is 36.4 Å². The maximum absolute atomic E-state index is 9.90. The summed E-state index contributed by atoms with van der Waals surface area (Å²) in [5.74, 6) is -0.125. The van der Waals surface area contributed by atoms with Gasteiger partial charge in [-0.15, -0.1) is 0 Å². The summed E-state index contributed by atoms with van der Waals surface area (Å²) < 4.78 is 0. The lowest BCUT2D eigenvalue weighted by atomic mass is 9.96. The molecule has 0 radical (unpaired) electrons. The zero-order chi connectivity index (χ0) is 23.2. The minimum atomic E-state index is -1.05. The predicted molar refractivity (Wildman–Crippen MR) is 125 cm³/mol. The van der Waals surface area contributed by atoms with E-state index < -0.39 is 24.4 Å². The number of hydrogen-bond acceptors (Lipinski definition) is 4. The fourth-order valence-electron chi connectivity index (χ4n) is 2.66. The molecule has 0 fully saturated rings. The van der Waals surface area contributed by atoms with Crippen molar-refractivity contribution in [3.63, 3.8) is 0 Å². The van der Waals surface area contributed by atoms with Gasteiger partial charge in [-0.1, -0.05) is 86.2 Å². The van der Waals surface area contributed by atoms with Crippen LogP contribution in [0.1, 0.15) is 51.0 Å². The Balaban J connectivity index is 0.000000300. The number of rotatable bonds is 6. The van der Waals surface area contributed by atoms with Gasteiger partial charge in [0.05, 0.1) is 12.2 Å². The van der Waals surface area contributed by atoms with Crippen molar-refractivity contribution in [1.29, 1.82) is 0 Å². The first-order valence-electron chi connectivity index (χ1n) is 9.50. The topological polar surface area (TPSA) is 80.9 Å². The van der Waals surface area contributed by atoms with Crippen LogP contribution in [0.5, 0.6) is 0 Å². The van der Waals surface area contributed by atoms with Gasteiger partial charge in [0.1, 0.15) is 12.2 Å². The summed E-state index contributed by atoms with van der Waals surface area (Å²) in [7, 11) is 0. The van der Waals surface area contributed by atoms with E-state index in [0.29, 0.717) is 31.2 Å². The number of aliphatic hydroxyl groups excluding tert-OH is 4. The molecule has 0 aliphatic rings. The Morgan fingerprint density at radius 2 is 0.767 bits per heavy atom. The van der Waals surface area contributed by atoms with Crippen molar-refractivity contribution in [2.24, 2.45) is 11.8 Å². The van der Waals surface area contributed by atoms with Gasteiger partial charge in [0.2, 0.25) is 0 Å². The summed E-state index contributed by atoms with van der Waals surface area (Å²) in [6.45, 7) is 7.27. The molecule has 0 spiro atoms. The monoisotopic (exact) mass is 496 g/mol. The average Bonchev–Trinajstić information content (AvgIpc) is 2.66. The summed E-state index contributed by atoms with van der Waals surface area (Å²) in [5, 5.41) is 40.7. The zero-order valence-corrected chi connectivity index (χ0v) is 20.3. The van der Waals surface area contributed by atoms with Crippen LogP contribution in [0, 0.1) is 11.8 Å². The smallest absolute Gasteiger partial charge is 0.108 e. The maximum atomic E-state index is 9.90. The van der Waals surface area contributed by atoms with Crippen molar-refractivity contribution < 1.29 is 20.4 Å². The lowest BCUT2D eigenvalue weighted by molar-refractivity contribution is -0.00929. The molecule has 168 valence electrons. The molecule has 0 aliphatic heterocycles. The molecular formula is C22H28Cl4O4. The molecule has 0 saturated carbocycles. The van der Waals surface area contributed by atoms with Gasteiger partial charge in [-0.05, 0) is 36.1 Å². The number of aliphatic hydroxyl groups is 4. The Morgan fingerprint density at radius 3 is 0.967 bits per heavy atom. The van der Waals surface area contributed by atoms with Gasteiger partial charge < -0.3 is 20.4 Å². The molecule has 0 unspecified atom stereocenters. The second-order valence-corrected chi connectivity index (χ2v) is 9.26. The fourth-order valence-corrected chi connectivity index (χ4v) is 3.90. The average molecular weight is 498 g/mol. The number of hydrogen-bond donors (Lipinski definition) is 4. The third-order valence-electron chi connectivity index (χ3n) is 4.60. The fraction of sp³-hybridized carbons (Fsp3) is 0.455. The lowest BCUT2D eigenvalue weighted by Gasteiger charge is -2.22. The second-order valence-electron chi connectivity index (χ2n) is 7.63. The Morgan fingerprint density at radius 1 is 0.533 bits per heavy atom. The molecule has 30 heavy (non-hydrogen) atoms. The Bertz CT molecular complexity index is 706. The van der Waals surface area contributed by atoms with Gasteiger partial charge in [0, 0.05) is 31.2 Å². The first-order valence-corrected chi connectivity index (χ1v) is 11.0. The van der Waals surface area contributed by atoms with Crippen LogP contribution in [0.25, 0.3) is 0 Å². The Hall–Kier alpha value is -0.560. The Kier molecular flexibility index (Phi) is 11.4. The van der Waals surface area contributed by atoms with E-state index in [2.05, 4.69) is 0 Å². The molecule has 2 rings (SSSR count). The van der Waals surface area contributed by atoms with Crippen LogP contribution < -0.4 is 0 Å². The summed E-state index contributed by atoms with van der Waals surface area (Å²) in [6.07, 6.45) is -3.85. The van der Waals surface area contributed by atoms with E-state index in [-0.39, 0.29) is 11.8 Å². The third-order valence-corrected chi connectivity index (χ3v) is 5.92. The van der Waals surface area contributed by atoms with Crippen LogP contribution in [-0.4, -0.2) is 32.6 Å². The van der Waals surface area contributed by atoms with E-state index in [1.807, 2.05) is 27.7 Å². The van der Waals surface area contributed by atoms with Crippen molar-refractivity contribution in [3.05, 3.63) is 67.6 Å². The molecule has 0 amide bonds. The lowest BCUT2D eigenvalue weighted by Crippen LogP contribution is -2.24. The highest BCUT2D eigenvalue weighted by molar-refractivity contribution is 6.36. The molecule has 0 aliphatic carbocycles. The second kappa shape index (κ2) is 12.5. The predicted octanol–water partition coefficient (Wildman–Crippen LogP) is 6.09. The molecule has 2 aromatic carbocycles. The summed E-state index contributed by atoms with van der Waals surface area (Å²) in [6, 6.07) is 9.95. The summed E-state index contributed by atoms with van der Waals surface area (Å²) in [4.78, 5) is 0. The minimum absolute atomic E-state index is 0.0626. The molecule has 4 atom stereocenters. The normalized spacial score (nSPS) is 15.4.